The van der Waals surface area contributed by atoms with E-state index in [4.69, 9.17) is 10.5 Å². The number of carbonyl (C=O) groups is 1. The van der Waals surface area contributed by atoms with Gasteiger partial charge in [0.15, 0.2) is 0 Å². The third-order valence-corrected chi connectivity index (χ3v) is 3.47. The van der Waals surface area contributed by atoms with Crippen molar-refractivity contribution in [1.29, 1.82) is 0 Å². The zero-order chi connectivity index (χ0) is 14.7. The highest BCUT2D eigenvalue weighted by Crippen LogP contribution is 2.16. The summed E-state index contributed by atoms with van der Waals surface area (Å²) in [5.74, 6) is -0.387. The molecule has 1 saturated heterocycles. The molecule has 2 heterocycles. The Kier molecular flexibility index (Phi) is 3.94. The van der Waals surface area contributed by atoms with Gasteiger partial charge in [-0.25, -0.2) is 9.67 Å². The van der Waals surface area contributed by atoms with E-state index in [1.807, 2.05) is 24.3 Å². The number of ether oxygens (including phenoxy) is 1. The molecule has 21 heavy (non-hydrogen) atoms. The first kappa shape index (κ1) is 13.7. The highest BCUT2D eigenvalue weighted by molar-refractivity contribution is 5.93. The second-order valence-corrected chi connectivity index (χ2v) is 5.09. The molecule has 0 aliphatic carbocycles. The summed E-state index contributed by atoms with van der Waals surface area (Å²) in [6.45, 7) is 1.42. The minimum atomic E-state index is -0.288. The standard InChI is InChI=1S/C14H17N5O2/c15-13-7-21-6-12(13)14(20)18-11-3-1-2-10(4-11)5-19-9-16-8-17-19/h1-4,8-9,12-13H,5-7,15H2,(H,18,20). The van der Waals surface area contributed by atoms with Gasteiger partial charge in [0.25, 0.3) is 0 Å². The third kappa shape index (κ3) is 3.26. The Balaban J connectivity index is 1.67. The normalized spacial score (nSPS) is 21.4. The first-order chi connectivity index (χ1) is 10.2. The van der Waals surface area contributed by atoms with Crippen molar-refractivity contribution in [3.8, 4) is 0 Å². The van der Waals surface area contributed by atoms with E-state index >= 15 is 0 Å². The van der Waals surface area contributed by atoms with Gasteiger partial charge in [0.05, 0.1) is 25.7 Å². The fourth-order valence-electron chi connectivity index (χ4n) is 2.32. The van der Waals surface area contributed by atoms with Crippen LogP contribution in [0.25, 0.3) is 0 Å². The Labute approximate surface area is 122 Å². The Morgan fingerprint density at radius 2 is 2.38 bits per heavy atom. The fraction of sp³-hybridized carbons (Fsp3) is 0.357. The number of amides is 1. The summed E-state index contributed by atoms with van der Waals surface area (Å²) < 4.78 is 6.94. The molecule has 1 aromatic heterocycles. The smallest absolute Gasteiger partial charge is 0.231 e. The van der Waals surface area contributed by atoms with Crippen molar-refractivity contribution in [2.75, 3.05) is 18.5 Å². The lowest BCUT2D eigenvalue weighted by molar-refractivity contribution is -0.120. The Morgan fingerprint density at radius 1 is 1.48 bits per heavy atom. The largest absolute Gasteiger partial charge is 0.379 e. The molecule has 3 rings (SSSR count). The minimum absolute atomic E-state index is 0.0992. The quantitative estimate of drug-likeness (QED) is 0.840. The molecule has 1 aliphatic heterocycles. The summed E-state index contributed by atoms with van der Waals surface area (Å²) in [6, 6.07) is 7.41. The van der Waals surface area contributed by atoms with E-state index in [-0.39, 0.29) is 17.9 Å². The van der Waals surface area contributed by atoms with Crippen LogP contribution in [0.1, 0.15) is 5.56 Å². The van der Waals surface area contributed by atoms with Gasteiger partial charge in [-0.3, -0.25) is 4.79 Å². The minimum Gasteiger partial charge on any atom is -0.379 e. The maximum absolute atomic E-state index is 12.2. The van der Waals surface area contributed by atoms with E-state index in [0.717, 1.165) is 11.3 Å². The van der Waals surface area contributed by atoms with E-state index in [1.165, 1.54) is 6.33 Å². The maximum Gasteiger partial charge on any atom is 0.231 e. The van der Waals surface area contributed by atoms with E-state index in [2.05, 4.69) is 15.4 Å². The summed E-state index contributed by atoms with van der Waals surface area (Å²) in [5.41, 5.74) is 7.63. The molecule has 1 aliphatic rings. The Bertz CT molecular complexity index is 614. The number of nitrogens with zero attached hydrogens (tertiary/aromatic N) is 3. The second-order valence-electron chi connectivity index (χ2n) is 5.09. The summed E-state index contributed by atoms with van der Waals surface area (Å²) in [6.07, 6.45) is 3.15. The van der Waals surface area contributed by atoms with Crippen LogP contribution in [0.3, 0.4) is 0 Å². The molecular weight excluding hydrogens is 270 g/mol. The number of benzene rings is 1. The number of nitrogens with two attached hydrogens (primary N) is 1. The summed E-state index contributed by atoms with van der Waals surface area (Å²) in [7, 11) is 0. The molecule has 7 nitrogen and oxygen atoms in total. The number of anilines is 1. The van der Waals surface area contributed by atoms with Crippen molar-refractivity contribution in [1.82, 2.24) is 14.8 Å². The van der Waals surface area contributed by atoms with Crippen LogP contribution >= 0.6 is 0 Å². The van der Waals surface area contributed by atoms with Crippen LogP contribution in [-0.2, 0) is 16.1 Å². The molecule has 0 saturated carbocycles. The molecule has 0 spiro atoms. The molecule has 110 valence electrons. The summed E-state index contributed by atoms with van der Waals surface area (Å²) >= 11 is 0. The molecule has 1 amide bonds. The lowest BCUT2D eigenvalue weighted by Crippen LogP contribution is -2.37. The fourth-order valence-corrected chi connectivity index (χ4v) is 2.32. The number of carbonyl (C=O) groups excluding carboxylic acids is 1. The zero-order valence-corrected chi connectivity index (χ0v) is 11.5. The highest BCUT2D eigenvalue weighted by Gasteiger charge is 2.31. The van der Waals surface area contributed by atoms with Gasteiger partial charge in [-0.05, 0) is 17.7 Å². The molecule has 3 N–H and O–H groups in total. The van der Waals surface area contributed by atoms with Gasteiger partial charge in [0, 0.05) is 11.7 Å². The average molecular weight is 287 g/mol. The number of rotatable bonds is 4. The van der Waals surface area contributed by atoms with Crippen molar-refractivity contribution in [3.63, 3.8) is 0 Å². The van der Waals surface area contributed by atoms with Crippen molar-refractivity contribution >= 4 is 11.6 Å². The number of hydrogen-bond donors (Lipinski definition) is 2. The van der Waals surface area contributed by atoms with Gasteiger partial charge >= 0.3 is 0 Å². The molecule has 1 fully saturated rings. The lowest BCUT2D eigenvalue weighted by atomic mass is 10.0. The van der Waals surface area contributed by atoms with Crippen LogP contribution in [0, 0.1) is 5.92 Å². The number of aromatic nitrogens is 3. The topological polar surface area (TPSA) is 95.1 Å². The Hall–Kier alpha value is -2.25. The van der Waals surface area contributed by atoms with E-state index in [1.54, 1.807) is 11.0 Å². The van der Waals surface area contributed by atoms with Crippen molar-refractivity contribution < 1.29 is 9.53 Å². The van der Waals surface area contributed by atoms with Crippen LogP contribution in [-0.4, -0.2) is 39.9 Å². The van der Waals surface area contributed by atoms with Crippen LogP contribution in [0.4, 0.5) is 5.69 Å². The first-order valence-corrected chi connectivity index (χ1v) is 6.78. The van der Waals surface area contributed by atoms with Gasteiger partial charge in [0.1, 0.15) is 12.7 Å². The third-order valence-electron chi connectivity index (χ3n) is 3.47. The lowest BCUT2D eigenvalue weighted by Gasteiger charge is -2.14. The first-order valence-electron chi connectivity index (χ1n) is 6.78. The van der Waals surface area contributed by atoms with Crippen LogP contribution in [0.5, 0.6) is 0 Å². The summed E-state index contributed by atoms with van der Waals surface area (Å²) in [4.78, 5) is 16.1. The van der Waals surface area contributed by atoms with Crippen LogP contribution in [0.2, 0.25) is 0 Å². The molecule has 2 unspecified atom stereocenters. The van der Waals surface area contributed by atoms with Gasteiger partial charge in [0.2, 0.25) is 5.91 Å². The zero-order valence-electron chi connectivity index (χ0n) is 11.5. The molecular formula is C14H17N5O2. The predicted octanol–water partition coefficient (Wildman–Crippen LogP) is 0.239. The van der Waals surface area contributed by atoms with Crippen LogP contribution in [0.15, 0.2) is 36.9 Å². The predicted molar refractivity (Wildman–Crippen MR) is 76.5 cm³/mol. The van der Waals surface area contributed by atoms with Gasteiger partial charge in [-0.1, -0.05) is 12.1 Å². The highest BCUT2D eigenvalue weighted by atomic mass is 16.5. The molecule has 2 atom stereocenters. The molecule has 0 bridgehead atoms. The maximum atomic E-state index is 12.2. The van der Waals surface area contributed by atoms with Crippen molar-refractivity contribution in [2.24, 2.45) is 11.7 Å². The molecule has 7 heteroatoms. The number of nitrogens with one attached hydrogen (secondary N) is 1. The van der Waals surface area contributed by atoms with Gasteiger partial charge < -0.3 is 15.8 Å². The van der Waals surface area contributed by atoms with Gasteiger partial charge in [-0.2, -0.15) is 5.10 Å². The monoisotopic (exact) mass is 287 g/mol. The van der Waals surface area contributed by atoms with E-state index in [9.17, 15) is 4.79 Å². The summed E-state index contributed by atoms with van der Waals surface area (Å²) in [5, 5.41) is 6.95. The average Bonchev–Trinajstić information content (AvgIpc) is 3.10. The molecule has 0 radical (unpaired) electrons. The second kappa shape index (κ2) is 6.02. The van der Waals surface area contributed by atoms with E-state index in [0.29, 0.717) is 19.8 Å². The van der Waals surface area contributed by atoms with E-state index < -0.39 is 0 Å². The number of hydrogen-bond acceptors (Lipinski definition) is 5. The Morgan fingerprint density at radius 3 is 3.10 bits per heavy atom. The van der Waals surface area contributed by atoms with Gasteiger partial charge in [-0.15, -0.1) is 0 Å². The van der Waals surface area contributed by atoms with Crippen LogP contribution < -0.4 is 11.1 Å². The molecule has 2 aromatic rings. The SMILES string of the molecule is NC1COCC1C(=O)Nc1cccc(Cn2cncn2)c1. The van der Waals surface area contributed by atoms with Crippen molar-refractivity contribution in [3.05, 3.63) is 42.5 Å². The molecule has 1 aromatic carbocycles. The van der Waals surface area contributed by atoms with Crippen molar-refractivity contribution in [2.45, 2.75) is 12.6 Å².